The topological polar surface area (TPSA) is 516 Å². The first-order valence-corrected chi connectivity index (χ1v) is 45.9. The summed E-state index contributed by atoms with van der Waals surface area (Å²) in [6.45, 7) is 3.18. The first-order valence-electron chi connectivity index (χ1n) is 44.7. The molecule has 36 nitrogen and oxygen atoms in total. The van der Waals surface area contributed by atoms with Crippen molar-refractivity contribution in [2.24, 2.45) is 11.7 Å². The predicted molar refractivity (Wildman–Crippen MR) is 487 cm³/mol. The Bertz CT molecular complexity index is 5410. The number of epoxide rings is 1. The number of ether oxygens (including phenoxy) is 1. The average molecular weight is 1890 g/mol. The molecule has 0 aliphatic carbocycles. The van der Waals surface area contributed by atoms with Crippen LogP contribution in [0.5, 0.6) is 11.5 Å². The van der Waals surface area contributed by atoms with Crippen molar-refractivity contribution in [3.63, 3.8) is 0 Å². The van der Waals surface area contributed by atoms with Gasteiger partial charge in [0, 0.05) is 89.2 Å². The van der Waals surface area contributed by atoms with Crippen molar-refractivity contribution in [2.75, 3.05) is 58.9 Å². The third-order valence-corrected chi connectivity index (χ3v) is 25.6. The number of thioether (sulfide) groups is 1. The molecular weight excluding hydrogens is 1770 g/mol. The normalized spacial score (nSPS) is 24.9. The fourth-order valence-electron chi connectivity index (χ4n) is 17.1. The molecule has 0 bridgehead atoms. The van der Waals surface area contributed by atoms with Crippen LogP contribution in [0.4, 0.5) is 13.2 Å². The molecular formula is C95H115F3N16O20S. The Morgan fingerprint density at radius 1 is 0.541 bits per heavy atom. The first-order chi connectivity index (χ1) is 64.5. The summed E-state index contributed by atoms with van der Waals surface area (Å²) in [5.74, 6) is -22.7. The number of aromatic nitrogens is 1. The highest BCUT2D eigenvalue weighted by Crippen LogP contribution is 2.37. The van der Waals surface area contributed by atoms with E-state index < -0.39 is 240 Å². The van der Waals surface area contributed by atoms with Crippen molar-refractivity contribution in [1.29, 1.82) is 0 Å². The molecule has 722 valence electrons. The number of unbranched alkanes of at least 4 members (excludes halogenated alkanes) is 1. The van der Waals surface area contributed by atoms with Crippen molar-refractivity contribution >= 4 is 111 Å². The van der Waals surface area contributed by atoms with E-state index in [1.54, 1.807) is 122 Å². The number of para-hydroxylation sites is 1. The van der Waals surface area contributed by atoms with Crippen LogP contribution >= 0.6 is 11.8 Å². The number of nitrogens with two attached hydrogens (primary N) is 1. The van der Waals surface area contributed by atoms with Gasteiger partial charge in [-0.1, -0.05) is 137 Å². The molecule has 15 atom stereocenters. The minimum atomic E-state index is -1.97. The molecule has 4 aliphatic heterocycles. The molecule has 4 saturated heterocycles. The van der Waals surface area contributed by atoms with E-state index in [0.717, 1.165) is 14.7 Å². The van der Waals surface area contributed by atoms with Gasteiger partial charge in [-0.2, -0.15) is 0 Å². The van der Waals surface area contributed by atoms with Crippen LogP contribution in [0.2, 0.25) is 0 Å². The SMILES string of the molecule is CCCC[C@H]1C(=O)N2CCC[C@@H]2C(=O)N[C@@H](CC(=O)O)C(=O)N[C@@H](C(C)C)C(=O)N(C)C(Cc2ccccc2)C(=O)N[C@@H](Cc2ccc(O)cc2)C2OC2N2CCC[C@@H]2C(=O)N[C@@H](Cc2c[nH]c3ccccc23)C(=O)N[C@@H](Cc2ccc(O)cc2)C(=O)N[C@@H](CO)C(=O)N[C@H](C(=O)NCC(N)=O)CSCC(=O)N[C@@H](Cc2cc(F)c(F)c(F)c2)C(=O)N(C)[C@@H](Cc2ccccc2)C(=O)N1C. The monoisotopic (exact) mass is 1890 g/mol. The number of carboxylic acids is 1. The molecule has 0 radical (unpaired) electrons. The lowest BCUT2D eigenvalue weighted by atomic mass is 9.97. The van der Waals surface area contributed by atoms with Crippen LogP contribution in [0, 0.1) is 23.4 Å². The molecule has 40 heteroatoms. The molecule has 6 aromatic carbocycles. The van der Waals surface area contributed by atoms with Crippen molar-refractivity contribution in [1.82, 2.24) is 77.3 Å². The van der Waals surface area contributed by atoms with E-state index in [1.165, 1.54) is 62.4 Å². The van der Waals surface area contributed by atoms with E-state index in [0.29, 0.717) is 81.9 Å². The Labute approximate surface area is 781 Å². The van der Waals surface area contributed by atoms with Crippen molar-refractivity contribution < 1.29 is 110 Å². The van der Waals surface area contributed by atoms with E-state index in [2.05, 4.69) is 52.8 Å². The highest BCUT2D eigenvalue weighted by atomic mass is 32.2. The number of phenolic OH excluding ortho intramolecular Hbond substituents is 2. The summed E-state index contributed by atoms with van der Waals surface area (Å²) >= 11 is 0.624. The second-order valence-corrected chi connectivity index (χ2v) is 35.7. The fraction of sp³-hybridized carbons (Fsp3) is 0.442. The van der Waals surface area contributed by atoms with Gasteiger partial charge >= 0.3 is 5.97 Å². The third-order valence-electron chi connectivity index (χ3n) is 24.6. The largest absolute Gasteiger partial charge is 0.508 e. The number of carbonyl (C=O) groups is 15. The van der Waals surface area contributed by atoms with E-state index in [1.807, 2.05) is 6.92 Å². The standard InChI is InChI=1S/C95H115F3N16O20S/c1-7-8-25-74-93(132)113-36-17-26-72(113)88(127)106-68(46-79(120)121)86(125)109-81(52(2)3)94(133)111(5)75(43-53-19-11-9-12-20-53)90(129)103-65(40-55-28-32-59(116)33-29-55)82-95(134-82)114-37-18-27-73(114)89(128)105-67(45-58-47-100-64-24-16-15-23-61(58)64)85(124)104-66(41-56-30-34-60(117)35-31-56)84(123)107-70(49-115)87(126)108-71(83(122)101-48-77(99)118)50-135-51-78(119)102-69(42-57-38-62(96)80(98)63(97)39-57)91(130)112(6)76(92(131)110(74)4)44-54-21-13-10-14-22-54/h9-16,19-24,28-35,38-39,47,52,65-76,81-82,95,100,115-117H,7-8,17-18,25-27,36-37,40-46,48-51H2,1-6H3,(H2,99,118)(H,101,122)(H,102,119)(H,103,129)(H,104,124)(H,105,128)(H,106,127)(H,107,123)(H,108,126)(H,109,125)(H,120,121)/t65-,66-,67-,68-,69-,70-,71-,72+,73+,74-,75?,76-,81-,82?,95?/m0/s1. The lowest BCUT2D eigenvalue weighted by molar-refractivity contribution is -0.152. The van der Waals surface area contributed by atoms with Gasteiger partial charge in [0.15, 0.2) is 17.5 Å². The number of primary amides is 1. The minimum Gasteiger partial charge on any atom is -0.508 e. The summed E-state index contributed by atoms with van der Waals surface area (Å²) < 4.78 is 51.6. The molecule has 16 N–H and O–H groups in total. The predicted octanol–water partition coefficient (Wildman–Crippen LogP) is 1.95. The molecule has 4 aliphatic rings. The second kappa shape index (κ2) is 47.4. The number of carboxylic acid groups (broad SMARTS) is 1. The van der Waals surface area contributed by atoms with E-state index >= 15 is 47.1 Å². The highest BCUT2D eigenvalue weighted by Gasteiger charge is 2.54. The molecule has 135 heavy (non-hydrogen) atoms. The van der Waals surface area contributed by atoms with Gasteiger partial charge in [-0.3, -0.25) is 76.8 Å². The summed E-state index contributed by atoms with van der Waals surface area (Å²) in [5.41, 5.74) is 8.21. The van der Waals surface area contributed by atoms with Gasteiger partial charge in [0.05, 0.1) is 37.4 Å². The third kappa shape index (κ3) is 27.2. The number of hydrogen-bond acceptors (Lipinski definition) is 21. The highest BCUT2D eigenvalue weighted by molar-refractivity contribution is 8.00. The molecule has 14 amide bonds. The number of nitrogens with one attached hydrogen (secondary N) is 10. The number of aliphatic carboxylic acids is 1. The summed E-state index contributed by atoms with van der Waals surface area (Å²) in [6.07, 6.45) is -1.43. The second-order valence-electron chi connectivity index (χ2n) is 34.6. The number of fused-ring (bicyclic) bond motifs is 5. The summed E-state index contributed by atoms with van der Waals surface area (Å²) in [7, 11) is 3.83. The molecule has 0 spiro atoms. The van der Waals surface area contributed by atoms with Crippen molar-refractivity contribution in [2.45, 2.75) is 202 Å². The van der Waals surface area contributed by atoms with E-state index in [-0.39, 0.29) is 87.9 Å². The lowest BCUT2D eigenvalue weighted by Gasteiger charge is -2.38. The number of halogens is 3. The lowest BCUT2D eigenvalue weighted by Crippen LogP contribution is -2.61. The Morgan fingerprint density at radius 2 is 1.07 bits per heavy atom. The molecule has 4 fully saturated rings. The number of aromatic hydroxyl groups is 2. The van der Waals surface area contributed by atoms with Crippen LogP contribution in [-0.2, 0) is 115 Å². The van der Waals surface area contributed by atoms with Crippen LogP contribution < -0.4 is 53.6 Å². The number of likely N-dealkylation sites (N-methyl/N-ethyl adjacent to an activating group) is 3. The van der Waals surface area contributed by atoms with Crippen LogP contribution in [0.25, 0.3) is 10.9 Å². The fourth-order valence-corrected chi connectivity index (χ4v) is 18.0. The summed E-state index contributed by atoms with van der Waals surface area (Å²) in [6, 6.07) is 16.7. The van der Waals surface area contributed by atoms with Crippen LogP contribution in [0.1, 0.15) is 106 Å². The zero-order valence-electron chi connectivity index (χ0n) is 75.5. The Kier molecular flexibility index (Phi) is 35.9. The number of aliphatic hydroxyl groups excluding tert-OH is 1. The van der Waals surface area contributed by atoms with Gasteiger partial charge in [-0.05, 0) is 120 Å². The van der Waals surface area contributed by atoms with Gasteiger partial charge in [0.1, 0.15) is 90.3 Å². The Balaban J connectivity index is 0.964. The Hall–Kier alpha value is -13.5. The number of benzene rings is 6. The summed E-state index contributed by atoms with van der Waals surface area (Å²) in [5, 5.41) is 66.5. The number of nitrogens with zero attached hydrogens (tertiary/aromatic N) is 5. The smallest absolute Gasteiger partial charge is 0.305 e. The average Bonchev–Trinajstić information content (AvgIpc) is 1.61. The first kappa shape index (κ1) is 102. The molecule has 0 saturated carbocycles. The zero-order valence-corrected chi connectivity index (χ0v) is 76.3. The number of aliphatic hydroxyl groups is 1. The number of carbonyl (C=O) groups excluding carboxylic acids is 14. The van der Waals surface area contributed by atoms with Crippen molar-refractivity contribution in [3.05, 3.63) is 203 Å². The number of phenols is 2. The maximum Gasteiger partial charge on any atom is 0.305 e. The number of hydrogen-bond donors (Lipinski definition) is 15. The van der Waals surface area contributed by atoms with Gasteiger partial charge in [0.2, 0.25) is 82.7 Å². The van der Waals surface area contributed by atoms with Crippen LogP contribution in [0.15, 0.2) is 152 Å². The maximum absolute atomic E-state index is 15.7. The Morgan fingerprint density at radius 3 is 1.68 bits per heavy atom. The minimum absolute atomic E-state index is 0.0310. The number of aromatic amines is 1. The van der Waals surface area contributed by atoms with Gasteiger partial charge < -0.3 is 103 Å². The van der Waals surface area contributed by atoms with E-state index in [4.69, 9.17) is 10.5 Å². The van der Waals surface area contributed by atoms with Gasteiger partial charge in [-0.25, -0.2) is 13.2 Å². The summed E-state index contributed by atoms with van der Waals surface area (Å²) in [4.78, 5) is 231. The van der Waals surface area contributed by atoms with E-state index in [9.17, 15) is 58.4 Å². The van der Waals surface area contributed by atoms with Crippen LogP contribution in [-0.4, -0.2) is 288 Å². The number of amides is 14. The van der Waals surface area contributed by atoms with Gasteiger partial charge in [0.25, 0.3) is 0 Å². The molecule has 11 rings (SSSR count). The zero-order chi connectivity index (χ0) is 97.6. The number of H-pyrrole nitrogens is 1. The van der Waals surface area contributed by atoms with Crippen molar-refractivity contribution in [3.8, 4) is 11.5 Å². The number of rotatable bonds is 22. The molecule has 3 unspecified atom stereocenters. The molecule has 1 aromatic heterocycles. The maximum atomic E-state index is 15.7. The van der Waals surface area contributed by atoms with Gasteiger partial charge in [-0.15, -0.1) is 11.8 Å². The van der Waals surface area contributed by atoms with Crippen LogP contribution in [0.3, 0.4) is 0 Å². The molecule has 7 aromatic rings. The quantitative estimate of drug-likeness (QED) is 0.0341. The molecule has 5 heterocycles.